The number of carboxylic acid groups (broad SMARTS) is 1. The van der Waals surface area contributed by atoms with Crippen molar-refractivity contribution in [3.8, 4) is 5.75 Å². The van der Waals surface area contributed by atoms with Crippen LogP contribution in [0.15, 0.2) is 60.7 Å². The first kappa shape index (κ1) is 18.0. The second-order valence-corrected chi connectivity index (χ2v) is 6.59. The summed E-state index contributed by atoms with van der Waals surface area (Å²) in [5.41, 5.74) is 0.814. The van der Waals surface area contributed by atoms with Gasteiger partial charge in [-0.15, -0.1) is 0 Å². The number of hydrogen-bond donors (Lipinski definition) is 1. The van der Waals surface area contributed by atoms with Gasteiger partial charge in [0.2, 0.25) is 6.10 Å². The third-order valence-electron chi connectivity index (χ3n) is 4.71. The Morgan fingerprint density at radius 1 is 1.00 bits per heavy atom. The van der Waals surface area contributed by atoms with E-state index in [1.54, 1.807) is 4.90 Å². The molecule has 1 N–H and O–H groups in total. The first-order valence-corrected chi connectivity index (χ1v) is 8.90. The van der Waals surface area contributed by atoms with E-state index in [1.165, 1.54) is 0 Å². The van der Waals surface area contributed by atoms with Crippen molar-refractivity contribution in [3.05, 3.63) is 66.2 Å². The molecule has 5 nitrogen and oxygen atoms in total. The van der Waals surface area contributed by atoms with E-state index in [0.717, 1.165) is 5.56 Å². The van der Waals surface area contributed by atoms with Gasteiger partial charge in [-0.3, -0.25) is 9.59 Å². The highest BCUT2D eigenvalue weighted by Gasteiger charge is 2.31. The molecule has 1 heterocycles. The largest absolute Gasteiger partial charge is 0.481 e. The average molecular weight is 353 g/mol. The van der Waals surface area contributed by atoms with Gasteiger partial charge in [-0.1, -0.05) is 48.5 Å². The number of rotatable bonds is 6. The van der Waals surface area contributed by atoms with Crippen molar-refractivity contribution in [1.29, 1.82) is 0 Å². The SMILES string of the molecule is O=C(O)CC1CCN(C(=O)C(Oc2ccccc2)c2ccccc2)CC1. The van der Waals surface area contributed by atoms with Crippen molar-refractivity contribution in [2.75, 3.05) is 13.1 Å². The third kappa shape index (κ3) is 4.63. The summed E-state index contributed by atoms with van der Waals surface area (Å²) in [4.78, 5) is 25.8. The van der Waals surface area contributed by atoms with Crippen molar-refractivity contribution in [3.63, 3.8) is 0 Å². The molecule has 0 aromatic heterocycles. The van der Waals surface area contributed by atoms with Crippen LogP contribution in [0, 0.1) is 5.92 Å². The molecule has 26 heavy (non-hydrogen) atoms. The number of para-hydroxylation sites is 1. The average Bonchev–Trinajstić information content (AvgIpc) is 2.67. The molecule has 1 saturated heterocycles. The lowest BCUT2D eigenvalue weighted by Gasteiger charge is -2.34. The van der Waals surface area contributed by atoms with Gasteiger partial charge in [-0.2, -0.15) is 0 Å². The van der Waals surface area contributed by atoms with Crippen molar-refractivity contribution < 1.29 is 19.4 Å². The van der Waals surface area contributed by atoms with Crippen LogP contribution < -0.4 is 4.74 Å². The highest BCUT2D eigenvalue weighted by molar-refractivity contribution is 5.83. The Balaban J connectivity index is 1.72. The van der Waals surface area contributed by atoms with Crippen molar-refractivity contribution in [2.24, 2.45) is 5.92 Å². The van der Waals surface area contributed by atoms with E-state index in [0.29, 0.717) is 31.7 Å². The zero-order valence-corrected chi connectivity index (χ0v) is 14.6. The first-order chi connectivity index (χ1) is 12.6. The fraction of sp³-hybridized carbons (Fsp3) is 0.333. The summed E-state index contributed by atoms with van der Waals surface area (Å²) in [6.45, 7) is 1.14. The fourth-order valence-corrected chi connectivity index (χ4v) is 3.29. The summed E-state index contributed by atoms with van der Waals surface area (Å²) in [6.07, 6.45) is 0.898. The van der Waals surface area contributed by atoms with Crippen LogP contribution in [-0.4, -0.2) is 35.0 Å². The summed E-state index contributed by atoms with van der Waals surface area (Å²) in [6, 6.07) is 18.8. The molecule has 5 heteroatoms. The van der Waals surface area contributed by atoms with Crippen LogP contribution in [0.2, 0.25) is 0 Å². The fourth-order valence-electron chi connectivity index (χ4n) is 3.29. The number of aliphatic carboxylic acids is 1. The van der Waals surface area contributed by atoms with Crippen LogP contribution in [-0.2, 0) is 9.59 Å². The lowest BCUT2D eigenvalue weighted by Crippen LogP contribution is -2.42. The lowest BCUT2D eigenvalue weighted by molar-refractivity contribution is -0.141. The Hall–Kier alpha value is -2.82. The molecule has 1 atom stereocenters. The molecule has 1 fully saturated rings. The standard InChI is InChI=1S/C21H23NO4/c23-19(24)15-16-11-13-22(14-12-16)21(25)20(17-7-3-1-4-8-17)26-18-9-5-2-6-10-18/h1-10,16,20H,11-15H2,(H,23,24). The highest BCUT2D eigenvalue weighted by Crippen LogP contribution is 2.27. The number of amides is 1. The van der Waals surface area contributed by atoms with Crippen LogP contribution in [0.1, 0.15) is 30.9 Å². The van der Waals surface area contributed by atoms with Crippen LogP contribution in [0.5, 0.6) is 5.75 Å². The predicted molar refractivity (Wildman–Crippen MR) is 97.8 cm³/mol. The summed E-state index contributed by atoms with van der Waals surface area (Å²) < 4.78 is 6.02. The Kier molecular flexibility index (Phi) is 5.89. The zero-order valence-electron chi connectivity index (χ0n) is 14.6. The van der Waals surface area contributed by atoms with Gasteiger partial charge in [0.05, 0.1) is 0 Å². The molecule has 1 unspecified atom stereocenters. The van der Waals surface area contributed by atoms with Gasteiger partial charge < -0.3 is 14.7 Å². The molecule has 136 valence electrons. The minimum atomic E-state index is -0.774. The topological polar surface area (TPSA) is 66.8 Å². The van der Waals surface area contributed by atoms with E-state index >= 15 is 0 Å². The summed E-state index contributed by atoms with van der Waals surface area (Å²) >= 11 is 0. The molecule has 0 bridgehead atoms. The van der Waals surface area contributed by atoms with Crippen LogP contribution in [0.3, 0.4) is 0 Å². The minimum Gasteiger partial charge on any atom is -0.481 e. The predicted octanol–water partition coefficient (Wildman–Crippen LogP) is 3.52. The van der Waals surface area contributed by atoms with Crippen LogP contribution >= 0.6 is 0 Å². The first-order valence-electron chi connectivity index (χ1n) is 8.90. The molecule has 1 amide bonds. The molecular weight excluding hydrogens is 330 g/mol. The molecule has 0 aliphatic carbocycles. The van der Waals surface area contributed by atoms with Gasteiger partial charge >= 0.3 is 5.97 Å². The molecule has 1 aliphatic rings. The van der Waals surface area contributed by atoms with Gasteiger partial charge in [0, 0.05) is 25.1 Å². The van der Waals surface area contributed by atoms with E-state index in [1.807, 2.05) is 60.7 Å². The maximum atomic E-state index is 13.1. The second-order valence-electron chi connectivity index (χ2n) is 6.59. The van der Waals surface area contributed by atoms with Gasteiger partial charge in [0.25, 0.3) is 5.91 Å². The number of piperidine rings is 1. The summed E-state index contributed by atoms with van der Waals surface area (Å²) in [5.74, 6) is -0.0598. The quantitative estimate of drug-likeness (QED) is 0.863. The molecule has 0 spiro atoms. The van der Waals surface area contributed by atoms with Crippen molar-refractivity contribution in [2.45, 2.75) is 25.4 Å². The molecule has 3 rings (SSSR count). The number of ether oxygens (including phenoxy) is 1. The van der Waals surface area contributed by atoms with E-state index in [-0.39, 0.29) is 18.2 Å². The Bertz CT molecular complexity index is 724. The zero-order chi connectivity index (χ0) is 18.4. The number of carbonyl (C=O) groups is 2. The van der Waals surface area contributed by atoms with Gasteiger partial charge in [0.15, 0.2) is 0 Å². The Morgan fingerprint density at radius 2 is 1.58 bits per heavy atom. The second kappa shape index (κ2) is 8.52. The molecule has 0 radical (unpaired) electrons. The van der Waals surface area contributed by atoms with Gasteiger partial charge in [-0.25, -0.2) is 0 Å². The van der Waals surface area contributed by atoms with Gasteiger partial charge in [0.1, 0.15) is 5.75 Å². The monoisotopic (exact) mass is 353 g/mol. The molecular formula is C21H23NO4. The molecule has 1 aliphatic heterocycles. The van der Waals surface area contributed by atoms with Crippen molar-refractivity contribution in [1.82, 2.24) is 4.90 Å². The van der Waals surface area contributed by atoms with E-state index in [4.69, 9.17) is 9.84 Å². The number of carboxylic acids is 1. The molecule has 2 aromatic carbocycles. The Morgan fingerprint density at radius 3 is 2.15 bits per heavy atom. The third-order valence-corrected chi connectivity index (χ3v) is 4.71. The smallest absolute Gasteiger partial charge is 0.303 e. The van der Waals surface area contributed by atoms with E-state index in [2.05, 4.69) is 0 Å². The van der Waals surface area contributed by atoms with Gasteiger partial charge in [-0.05, 0) is 30.9 Å². The normalized spacial score (nSPS) is 16.1. The Labute approximate surface area is 153 Å². The highest BCUT2D eigenvalue weighted by atomic mass is 16.5. The number of benzene rings is 2. The maximum absolute atomic E-state index is 13.1. The lowest BCUT2D eigenvalue weighted by atomic mass is 9.93. The minimum absolute atomic E-state index is 0.0752. The number of nitrogens with zero attached hydrogens (tertiary/aromatic N) is 1. The number of carbonyl (C=O) groups excluding carboxylic acids is 1. The summed E-state index contributed by atoms with van der Waals surface area (Å²) in [7, 11) is 0. The van der Waals surface area contributed by atoms with Crippen LogP contribution in [0.25, 0.3) is 0 Å². The van der Waals surface area contributed by atoms with E-state index < -0.39 is 12.1 Å². The number of likely N-dealkylation sites (tertiary alicyclic amines) is 1. The molecule has 0 saturated carbocycles. The van der Waals surface area contributed by atoms with Crippen LogP contribution in [0.4, 0.5) is 0 Å². The van der Waals surface area contributed by atoms with E-state index in [9.17, 15) is 9.59 Å². The maximum Gasteiger partial charge on any atom is 0.303 e. The van der Waals surface area contributed by atoms with Crippen molar-refractivity contribution >= 4 is 11.9 Å². The number of hydrogen-bond acceptors (Lipinski definition) is 3. The summed E-state index contributed by atoms with van der Waals surface area (Å²) in [5, 5.41) is 8.94. The molecule has 2 aromatic rings.